The third kappa shape index (κ3) is 5.72. The number of carbonyl (C=O) groups excluding carboxylic acids is 1. The molecule has 2 aromatic heterocycles. The van der Waals surface area contributed by atoms with Gasteiger partial charge in [0.05, 0.1) is 12.6 Å². The van der Waals surface area contributed by atoms with Gasteiger partial charge < -0.3 is 24.0 Å². The first-order valence-electron chi connectivity index (χ1n) is 13.0. The zero-order valence-corrected chi connectivity index (χ0v) is 22.6. The second-order valence-electron chi connectivity index (χ2n) is 10.6. The van der Waals surface area contributed by atoms with Gasteiger partial charge in [-0.2, -0.15) is 15.0 Å². The molecular formula is C26H33F2N7O4. The predicted molar refractivity (Wildman–Crippen MR) is 139 cm³/mol. The number of rotatable bonds is 5. The maximum Gasteiger partial charge on any atom is 0.410 e. The molecule has 0 atom stereocenters. The maximum atomic E-state index is 14.3. The summed E-state index contributed by atoms with van der Waals surface area (Å²) in [7, 11) is 1.47. The van der Waals surface area contributed by atoms with Crippen LogP contribution < -0.4 is 9.64 Å². The van der Waals surface area contributed by atoms with E-state index < -0.39 is 17.9 Å². The standard InChI is InChI=1S/C26H33F2N7O4/c1-26(2,3)39-25(36)34-12-10-33(11-13-34)23-30-21(16-8-14-38-15-9-16)31-24(32-23)35-17-6-5-7-18(37-4)19(17)29-22(35)20(27)28/h5-7,16,20H,8-15H2,1-4H3. The van der Waals surface area contributed by atoms with E-state index >= 15 is 0 Å². The van der Waals surface area contributed by atoms with Gasteiger partial charge in [0.1, 0.15) is 22.7 Å². The van der Waals surface area contributed by atoms with Gasteiger partial charge in [0.25, 0.3) is 6.43 Å². The normalized spacial score (nSPS) is 17.2. The topological polar surface area (TPSA) is 108 Å². The van der Waals surface area contributed by atoms with Crippen LogP contribution in [0.3, 0.4) is 0 Å². The number of benzene rings is 1. The molecular weight excluding hydrogens is 512 g/mol. The number of imidazole rings is 1. The van der Waals surface area contributed by atoms with Gasteiger partial charge in [-0.15, -0.1) is 0 Å². The minimum atomic E-state index is -2.87. The number of ether oxygens (including phenoxy) is 3. The highest BCUT2D eigenvalue weighted by atomic mass is 19.3. The molecule has 2 fully saturated rings. The number of piperazine rings is 1. The van der Waals surface area contributed by atoms with Gasteiger partial charge in [0.15, 0.2) is 5.82 Å². The van der Waals surface area contributed by atoms with Gasteiger partial charge >= 0.3 is 6.09 Å². The number of methoxy groups -OCH3 is 1. The highest BCUT2D eigenvalue weighted by Gasteiger charge is 2.30. The number of amides is 1. The summed E-state index contributed by atoms with van der Waals surface area (Å²) >= 11 is 0. The SMILES string of the molecule is COc1cccc2c1nc(C(F)F)n2-c1nc(C2CCOCC2)nc(N2CCN(C(=O)OC(C)(C)C)CC2)n1. The van der Waals surface area contributed by atoms with Crippen molar-refractivity contribution >= 4 is 23.1 Å². The first-order valence-corrected chi connectivity index (χ1v) is 13.0. The van der Waals surface area contributed by atoms with E-state index in [2.05, 4.69) is 15.0 Å². The summed E-state index contributed by atoms with van der Waals surface area (Å²) in [6.07, 6.45) is -1.81. The van der Waals surface area contributed by atoms with E-state index in [1.807, 2.05) is 25.7 Å². The number of hydrogen-bond donors (Lipinski definition) is 0. The van der Waals surface area contributed by atoms with Crippen molar-refractivity contribution in [1.82, 2.24) is 29.4 Å². The lowest BCUT2D eigenvalue weighted by molar-refractivity contribution is 0.0240. The number of carbonyl (C=O) groups is 1. The fourth-order valence-electron chi connectivity index (χ4n) is 4.78. The first-order chi connectivity index (χ1) is 18.6. The number of anilines is 1. The summed E-state index contributed by atoms with van der Waals surface area (Å²) in [5.74, 6) is 0.876. The first kappa shape index (κ1) is 27.0. The van der Waals surface area contributed by atoms with Crippen LogP contribution in [0.5, 0.6) is 5.75 Å². The number of nitrogens with zero attached hydrogens (tertiary/aromatic N) is 7. The average molecular weight is 546 g/mol. The van der Waals surface area contributed by atoms with Crippen LogP contribution in [0.15, 0.2) is 18.2 Å². The molecule has 0 unspecified atom stereocenters. The minimum absolute atomic E-state index is 0.00150. The zero-order valence-electron chi connectivity index (χ0n) is 22.6. The molecule has 13 heteroatoms. The number of alkyl halides is 2. The quantitative estimate of drug-likeness (QED) is 0.468. The van der Waals surface area contributed by atoms with Crippen LogP contribution in [0.4, 0.5) is 19.5 Å². The van der Waals surface area contributed by atoms with Crippen molar-refractivity contribution < 1.29 is 27.8 Å². The Kier molecular flexibility index (Phi) is 7.52. The van der Waals surface area contributed by atoms with E-state index in [0.717, 1.165) is 12.8 Å². The highest BCUT2D eigenvalue weighted by molar-refractivity contribution is 5.84. The van der Waals surface area contributed by atoms with Crippen molar-refractivity contribution in [1.29, 1.82) is 0 Å². The lowest BCUT2D eigenvalue weighted by Crippen LogP contribution is -2.50. The number of fused-ring (bicyclic) bond motifs is 1. The van der Waals surface area contributed by atoms with Crippen LogP contribution in [0.1, 0.15) is 57.6 Å². The zero-order chi connectivity index (χ0) is 27.7. The van der Waals surface area contributed by atoms with Gasteiger partial charge in [-0.25, -0.2) is 18.6 Å². The van der Waals surface area contributed by atoms with Crippen molar-refractivity contribution in [2.45, 2.75) is 51.6 Å². The van der Waals surface area contributed by atoms with E-state index in [1.165, 1.54) is 11.7 Å². The van der Waals surface area contributed by atoms with Gasteiger partial charge in [-0.1, -0.05) is 6.07 Å². The second kappa shape index (κ2) is 10.9. The Labute approximate surface area is 225 Å². The summed E-state index contributed by atoms with van der Waals surface area (Å²) in [6.45, 7) is 8.36. The van der Waals surface area contributed by atoms with Gasteiger partial charge in [-0.05, 0) is 45.7 Å². The number of aromatic nitrogens is 5. The highest BCUT2D eigenvalue weighted by Crippen LogP contribution is 2.33. The molecule has 0 N–H and O–H groups in total. The van der Waals surface area contributed by atoms with Crippen molar-refractivity contribution in [2.75, 3.05) is 51.4 Å². The van der Waals surface area contributed by atoms with Crippen LogP contribution in [0.25, 0.3) is 17.0 Å². The average Bonchev–Trinajstić information content (AvgIpc) is 3.33. The molecule has 2 aliphatic heterocycles. The van der Waals surface area contributed by atoms with E-state index in [4.69, 9.17) is 19.2 Å². The van der Waals surface area contributed by atoms with Crippen molar-refractivity contribution in [3.05, 3.63) is 29.8 Å². The lowest BCUT2D eigenvalue weighted by Gasteiger charge is -2.35. The van der Waals surface area contributed by atoms with Crippen molar-refractivity contribution in [3.8, 4) is 11.7 Å². The van der Waals surface area contributed by atoms with Gasteiger partial charge in [-0.3, -0.25) is 4.57 Å². The fraction of sp³-hybridized carbons (Fsp3) is 0.577. The lowest BCUT2D eigenvalue weighted by atomic mass is 10.00. The third-order valence-corrected chi connectivity index (χ3v) is 6.72. The monoisotopic (exact) mass is 545 g/mol. The summed E-state index contributed by atoms with van der Waals surface area (Å²) in [6, 6.07) is 5.07. The molecule has 11 nitrogen and oxygen atoms in total. The van der Waals surface area contributed by atoms with Crippen molar-refractivity contribution in [3.63, 3.8) is 0 Å². The Morgan fingerprint density at radius 2 is 1.72 bits per heavy atom. The molecule has 3 aromatic rings. The van der Waals surface area contributed by atoms with Crippen LogP contribution in [0, 0.1) is 0 Å². The van der Waals surface area contributed by atoms with Crippen LogP contribution >= 0.6 is 0 Å². The van der Waals surface area contributed by atoms with Crippen LogP contribution in [0.2, 0.25) is 0 Å². The Bertz CT molecular complexity index is 1330. The molecule has 39 heavy (non-hydrogen) atoms. The molecule has 2 aliphatic rings. The second-order valence-corrected chi connectivity index (χ2v) is 10.6. The van der Waals surface area contributed by atoms with E-state index in [-0.39, 0.29) is 18.0 Å². The Morgan fingerprint density at radius 3 is 2.36 bits per heavy atom. The summed E-state index contributed by atoms with van der Waals surface area (Å²) in [5, 5.41) is 0. The number of para-hydroxylation sites is 1. The summed E-state index contributed by atoms with van der Waals surface area (Å²) in [5.41, 5.74) is 0.125. The molecule has 0 radical (unpaired) electrons. The van der Waals surface area contributed by atoms with E-state index in [9.17, 15) is 13.6 Å². The molecule has 0 saturated carbocycles. The summed E-state index contributed by atoms with van der Waals surface area (Å²) in [4.78, 5) is 34.5. The molecule has 210 valence electrons. The van der Waals surface area contributed by atoms with Gasteiger partial charge in [0, 0.05) is 45.3 Å². The Balaban J connectivity index is 1.53. The van der Waals surface area contributed by atoms with E-state index in [0.29, 0.717) is 67.9 Å². The van der Waals surface area contributed by atoms with Gasteiger partial charge in [0.2, 0.25) is 11.9 Å². The molecule has 4 heterocycles. The molecule has 2 saturated heterocycles. The number of halogens is 2. The predicted octanol–water partition coefficient (Wildman–Crippen LogP) is 4.11. The number of hydrogen-bond acceptors (Lipinski definition) is 9. The minimum Gasteiger partial charge on any atom is -0.494 e. The van der Waals surface area contributed by atoms with E-state index in [1.54, 1.807) is 23.1 Å². The molecule has 1 aromatic carbocycles. The van der Waals surface area contributed by atoms with Crippen molar-refractivity contribution in [2.24, 2.45) is 0 Å². The third-order valence-electron chi connectivity index (χ3n) is 6.72. The maximum absolute atomic E-state index is 14.3. The molecule has 1 amide bonds. The smallest absolute Gasteiger partial charge is 0.410 e. The molecule has 5 rings (SSSR count). The Hall–Kier alpha value is -3.61. The Morgan fingerprint density at radius 1 is 1.03 bits per heavy atom. The van der Waals surface area contributed by atoms with Crippen LogP contribution in [-0.4, -0.2) is 87.6 Å². The molecule has 0 aliphatic carbocycles. The van der Waals surface area contributed by atoms with Crippen LogP contribution in [-0.2, 0) is 9.47 Å². The molecule has 0 spiro atoms. The largest absolute Gasteiger partial charge is 0.494 e. The molecule has 0 bridgehead atoms. The summed E-state index contributed by atoms with van der Waals surface area (Å²) < 4.78 is 46.2. The fourth-order valence-corrected chi connectivity index (χ4v) is 4.78.